The number of hydrogen-bond acceptors (Lipinski definition) is 2. The lowest BCUT2D eigenvalue weighted by Crippen LogP contribution is -1.93. The summed E-state index contributed by atoms with van der Waals surface area (Å²) in [6.07, 6.45) is 3.46. The van der Waals surface area contributed by atoms with Crippen molar-refractivity contribution in [1.82, 2.24) is 0 Å². The second-order valence-corrected chi connectivity index (χ2v) is 3.14. The summed E-state index contributed by atoms with van der Waals surface area (Å²) in [6, 6.07) is 8.04. The van der Waals surface area contributed by atoms with Crippen LogP contribution < -0.4 is 4.74 Å². The molecule has 1 rings (SSSR count). The Morgan fingerprint density at radius 2 is 2.29 bits per heavy atom. The summed E-state index contributed by atoms with van der Waals surface area (Å²) in [5.41, 5.74) is 1.23. The van der Waals surface area contributed by atoms with Crippen molar-refractivity contribution < 1.29 is 9.53 Å². The van der Waals surface area contributed by atoms with Gasteiger partial charge in [-0.3, -0.25) is 0 Å². The van der Waals surface area contributed by atoms with Gasteiger partial charge in [0.05, 0.1) is 6.61 Å². The van der Waals surface area contributed by atoms with Crippen molar-refractivity contribution in [2.24, 2.45) is 0 Å². The molecule has 0 amide bonds. The normalized spacial score (nSPS) is 9.79. The molecule has 0 bridgehead atoms. The number of aldehydes is 1. The van der Waals surface area contributed by atoms with E-state index >= 15 is 0 Å². The maximum absolute atomic E-state index is 10.1. The monoisotopic (exact) mass is 192 g/mol. The van der Waals surface area contributed by atoms with Crippen LogP contribution in [0.4, 0.5) is 0 Å². The average Bonchev–Trinajstić information content (AvgIpc) is 2.19. The maximum atomic E-state index is 10.1. The molecule has 0 fully saturated rings. The molecule has 0 spiro atoms. The largest absolute Gasteiger partial charge is 0.494 e. The van der Waals surface area contributed by atoms with Crippen LogP contribution in [-0.4, -0.2) is 12.9 Å². The van der Waals surface area contributed by atoms with Gasteiger partial charge in [-0.2, -0.15) is 0 Å². The molecule has 76 valence electrons. The summed E-state index contributed by atoms with van der Waals surface area (Å²) in [5, 5.41) is 0. The van der Waals surface area contributed by atoms with Crippen LogP contribution in [0.15, 0.2) is 24.3 Å². The zero-order chi connectivity index (χ0) is 10.2. The third-order valence-corrected chi connectivity index (χ3v) is 2.00. The van der Waals surface area contributed by atoms with E-state index in [1.807, 2.05) is 25.1 Å². The minimum absolute atomic E-state index is 0.638. The molecule has 1 aromatic rings. The molecule has 0 heterocycles. The smallest absolute Gasteiger partial charge is 0.120 e. The van der Waals surface area contributed by atoms with E-state index < -0.39 is 0 Å². The van der Waals surface area contributed by atoms with Gasteiger partial charge in [-0.15, -0.1) is 0 Å². The summed E-state index contributed by atoms with van der Waals surface area (Å²) in [5.74, 6) is 0.913. The number of carbonyl (C=O) groups is 1. The van der Waals surface area contributed by atoms with E-state index in [9.17, 15) is 4.79 Å². The average molecular weight is 192 g/mol. The highest BCUT2D eigenvalue weighted by Gasteiger charge is 1.96. The van der Waals surface area contributed by atoms with Crippen molar-refractivity contribution >= 4 is 6.29 Å². The lowest BCUT2D eigenvalue weighted by molar-refractivity contribution is -0.107. The Kier molecular flexibility index (Phi) is 4.76. The van der Waals surface area contributed by atoms with Gasteiger partial charge >= 0.3 is 0 Å². The minimum atomic E-state index is 0.638. The number of ether oxygens (including phenoxy) is 1. The first kappa shape index (κ1) is 10.8. The lowest BCUT2D eigenvalue weighted by atomic mass is 10.1. The molecule has 0 aliphatic rings. The molecule has 0 aliphatic carbocycles. The summed E-state index contributed by atoms with van der Waals surface area (Å²) < 4.78 is 5.38. The van der Waals surface area contributed by atoms with E-state index in [4.69, 9.17) is 4.74 Å². The number of aryl methyl sites for hydroxylation is 1. The van der Waals surface area contributed by atoms with E-state index in [0.717, 1.165) is 24.9 Å². The fourth-order valence-electron chi connectivity index (χ4n) is 1.35. The molecule has 2 nitrogen and oxygen atoms in total. The molecule has 0 saturated carbocycles. The SMILES string of the molecule is CCOc1cccc(CCCC=O)c1. The van der Waals surface area contributed by atoms with Gasteiger partial charge in [0.2, 0.25) is 0 Å². The molecule has 0 unspecified atom stereocenters. The van der Waals surface area contributed by atoms with E-state index in [-0.39, 0.29) is 0 Å². The van der Waals surface area contributed by atoms with Gasteiger partial charge in [0.1, 0.15) is 12.0 Å². The van der Waals surface area contributed by atoms with E-state index in [2.05, 4.69) is 6.07 Å². The van der Waals surface area contributed by atoms with Gasteiger partial charge in [-0.05, 0) is 37.5 Å². The van der Waals surface area contributed by atoms with Crippen LogP contribution in [0.3, 0.4) is 0 Å². The van der Waals surface area contributed by atoms with Crippen molar-refractivity contribution in [2.45, 2.75) is 26.2 Å². The van der Waals surface area contributed by atoms with Crippen LogP contribution in [-0.2, 0) is 11.2 Å². The van der Waals surface area contributed by atoms with Gasteiger partial charge < -0.3 is 9.53 Å². The number of benzene rings is 1. The minimum Gasteiger partial charge on any atom is -0.494 e. The molecule has 1 aromatic carbocycles. The standard InChI is InChI=1S/C12H16O2/c1-2-14-12-8-5-7-11(10-12)6-3-4-9-13/h5,7-10H,2-4,6H2,1H3. The number of rotatable bonds is 6. The van der Waals surface area contributed by atoms with Gasteiger partial charge in [0, 0.05) is 6.42 Å². The summed E-state index contributed by atoms with van der Waals surface area (Å²) >= 11 is 0. The predicted molar refractivity (Wildman–Crippen MR) is 56.6 cm³/mol. The van der Waals surface area contributed by atoms with Crippen molar-refractivity contribution in [3.8, 4) is 5.75 Å². The van der Waals surface area contributed by atoms with Crippen LogP contribution >= 0.6 is 0 Å². The van der Waals surface area contributed by atoms with Crippen LogP contribution in [0.1, 0.15) is 25.3 Å². The van der Waals surface area contributed by atoms with Crippen LogP contribution in [0.5, 0.6) is 5.75 Å². The number of unbranched alkanes of at least 4 members (excludes halogenated alkanes) is 1. The molecule has 0 aromatic heterocycles. The Morgan fingerprint density at radius 3 is 3.00 bits per heavy atom. The summed E-state index contributed by atoms with van der Waals surface area (Å²) in [7, 11) is 0. The first-order valence-corrected chi connectivity index (χ1v) is 5.02. The van der Waals surface area contributed by atoms with Gasteiger partial charge in [0.25, 0.3) is 0 Å². The van der Waals surface area contributed by atoms with Crippen molar-refractivity contribution in [3.05, 3.63) is 29.8 Å². The Labute approximate surface area is 84.9 Å². The van der Waals surface area contributed by atoms with E-state index in [0.29, 0.717) is 13.0 Å². The molecule has 2 heteroatoms. The molecule has 0 saturated heterocycles. The van der Waals surface area contributed by atoms with Crippen LogP contribution in [0.25, 0.3) is 0 Å². The molecule has 0 radical (unpaired) electrons. The zero-order valence-electron chi connectivity index (χ0n) is 8.53. The highest BCUT2D eigenvalue weighted by molar-refractivity contribution is 5.49. The van der Waals surface area contributed by atoms with Crippen molar-refractivity contribution in [3.63, 3.8) is 0 Å². The fourth-order valence-corrected chi connectivity index (χ4v) is 1.35. The molecular formula is C12H16O2. The topological polar surface area (TPSA) is 26.3 Å². The highest BCUT2D eigenvalue weighted by atomic mass is 16.5. The molecular weight excluding hydrogens is 176 g/mol. The Hall–Kier alpha value is -1.31. The number of carbonyl (C=O) groups excluding carboxylic acids is 1. The number of hydrogen-bond donors (Lipinski definition) is 0. The first-order chi connectivity index (χ1) is 6.86. The third kappa shape index (κ3) is 3.60. The van der Waals surface area contributed by atoms with Gasteiger partial charge in [-0.25, -0.2) is 0 Å². The summed E-state index contributed by atoms with van der Waals surface area (Å²) in [4.78, 5) is 10.1. The van der Waals surface area contributed by atoms with E-state index in [1.165, 1.54) is 5.56 Å². The summed E-state index contributed by atoms with van der Waals surface area (Å²) in [6.45, 7) is 2.66. The zero-order valence-corrected chi connectivity index (χ0v) is 8.53. The van der Waals surface area contributed by atoms with Gasteiger partial charge in [-0.1, -0.05) is 12.1 Å². The van der Waals surface area contributed by atoms with Crippen molar-refractivity contribution in [1.29, 1.82) is 0 Å². The van der Waals surface area contributed by atoms with Crippen LogP contribution in [0.2, 0.25) is 0 Å². The Morgan fingerprint density at radius 1 is 1.43 bits per heavy atom. The second-order valence-electron chi connectivity index (χ2n) is 3.14. The second kappa shape index (κ2) is 6.19. The van der Waals surface area contributed by atoms with Gasteiger partial charge in [0.15, 0.2) is 0 Å². The Bertz CT molecular complexity index is 281. The lowest BCUT2D eigenvalue weighted by Gasteiger charge is -2.04. The van der Waals surface area contributed by atoms with E-state index in [1.54, 1.807) is 0 Å². The first-order valence-electron chi connectivity index (χ1n) is 5.02. The predicted octanol–water partition coefficient (Wildman–Crippen LogP) is 2.61. The quantitative estimate of drug-likeness (QED) is 0.511. The van der Waals surface area contributed by atoms with Crippen LogP contribution in [0, 0.1) is 0 Å². The van der Waals surface area contributed by atoms with Crippen molar-refractivity contribution in [2.75, 3.05) is 6.61 Å². The molecule has 0 atom stereocenters. The Balaban J connectivity index is 2.50. The molecule has 0 aliphatic heterocycles. The molecule has 14 heavy (non-hydrogen) atoms. The maximum Gasteiger partial charge on any atom is 0.120 e. The third-order valence-electron chi connectivity index (χ3n) is 2.00. The molecule has 0 N–H and O–H groups in total. The fraction of sp³-hybridized carbons (Fsp3) is 0.417. The highest BCUT2D eigenvalue weighted by Crippen LogP contribution is 2.14.